The summed E-state index contributed by atoms with van der Waals surface area (Å²) in [6.07, 6.45) is 0. The van der Waals surface area contributed by atoms with E-state index in [0.717, 1.165) is 0 Å². The number of likely N-dealkylation sites (tertiary alicyclic amines) is 1. The van der Waals surface area contributed by atoms with Gasteiger partial charge in [0.25, 0.3) is 11.7 Å². The first kappa shape index (κ1) is 21.8. The number of amides is 1. The van der Waals surface area contributed by atoms with Gasteiger partial charge >= 0.3 is 0 Å². The molecule has 30 heavy (non-hydrogen) atoms. The summed E-state index contributed by atoms with van der Waals surface area (Å²) in [6, 6.07) is 9.33. The van der Waals surface area contributed by atoms with E-state index in [0.29, 0.717) is 17.3 Å². The molecule has 0 spiro atoms. The van der Waals surface area contributed by atoms with Crippen LogP contribution in [0.15, 0.2) is 48.0 Å². The number of hydrogen-bond acceptors (Lipinski definition) is 5. The number of carbonyl (C=O) groups excluding carboxylic acids is 2. The zero-order chi connectivity index (χ0) is 22.0. The van der Waals surface area contributed by atoms with E-state index in [1.807, 2.05) is 19.0 Å². The standard InChI is InChI=1S/C22H22ClFN2O4/c1-25(2)10-11-26-19(14-6-4-5-7-16(14)24)18(21(28)22(26)29)20(27)13-8-9-15(23)17(12-13)30-3/h4-9,12,19,27H,10-11H2,1-3H3/b20-18+. The Bertz CT molecular complexity index is 1020. The van der Waals surface area contributed by atoms with Crippen LogP contribution in [0.25, 0.3) is 5.76 Å². The number of rotatable bonds is 6. The number of aliphatic hydroxyl groups is 1. The number of hydrogen-bond donors (Lipinski definition) is 1. The Kier molecular flexibility index (Phi) is 6.43. The van der Waals surface area contributed by atoms with Crippen LogP contribution in [0.4, 0.5) is 4.39 Å². The predicted octanol–water partition coefficient (Wildman–Crippen LogP) is 3.47. The highest BCUT2D eigenvalue weighted by molar-refractivity contribution is 6.46. The van der Waals surface area contributed by atoms with E-state index in [1.165, 1.54) is 48.4 Å². The summed E-state index contributed by atoms with van der Waals surface area (Å²) in [4.78, 5) is 28.8. The molecule has 2 aromatic rings. The average molecular weight is 433 g/mol. The minimum Gasteiger partial charge on any atom is -0.507 e. The fourth-order valence-corrected chi connectivity index (χ4v) is 3.60. The third-order valence-corrected chi connectivity index (χ3v) is 5.26. The van der Waals surface area contributed by atoms with E-state index in [2.05, 4.69) is 0 Å². The molecular weight excluding hydrogens is 411 g/mol. The number of Topliss-reactive ketones (excluding diaryl/α,β-unsaturated/α-hetero) is 1. The summed E-state index contributed by atoms with van der Waals surface area (Å²) < 4.78 is 19.8. The number of benzene rings is 2. The van der Waals surface area contributed by atoms with Gasteiger partial charge in [0.05, 0.1) is 23.7 Å². The minimum absolute atomic E-state index is 0.137. The average Bonchev–Trinajstić information content (AvgIpc) is 2.97. The molecular formula is C22H22ClFN2O4. The second-order valence-electron chi connectivity index (χ2n) is 7.17. The van der Waals surface area contributed by atoms with Crippen molar-refractivity contribution in [1.82, 2.24) is 9.80 Å². The van der Waals surface area contributed by atoms with Crippen molar-refractivity contribution < 1.29 is 23.8 Å². The molecule has 8 heteroatoms. The Hall–Kier alpha value is -2.90. The molecule has 1 N–H and O–H groups in total. The van der Waals surface area contributed by atoms with E-state index in [1.54, 1.807) is 6.07 Å². The van der Waals surface area contributed by atoms with E-state index >= 15 is 0 Å². The van der Waals surface area contributed by atoms with Crippen LogP contribution in [0.3, 0.4) is 0 Å². The maximum absolute atomic E-state index is 14.7. The van der Waals surface area contributed by atoms with Gasteiger partial charge in [0.2, 0.25) is 0 Å². The van der Waals surface area contributed by atoms with Gasteiger partial charge in [-0.2, -0.15) is 0 Å². The third kappa shape index (κ3) is 4.04. The van der Waals surface area contributed by atoms with E-state index < -0.39 is 29.3 Å². The molecule has 0 bridgehead atoms. The van der Waals surface area contributed by atoms with Gasteiger partial charge in [-0.05, 0) is 38.4 Å². The first-order valence-corrected chi connectivity index (χ1v) is 9.65. The Balaban J connectivity index is 2.19. The minimum atomic E-state index is -1.05. The van der Waals surface area contributed by atoms with Crippen LogP contribution in [0.5, 0.6) is 5.75 Å². The Morgan fingerprint density at radius 3 is 2.57 bits per heavy atom. The molecule has 1 heterocycles. The molecule has 1 unspecified atom stereocenters. The van der Waals surface area contributed by atoms with Crippen LogP contribution >= 0.6 is 11.6 Å². The number of likely N-dealkylation sites (N-methyl/N-ethyl adjacent to an activating group) is 1. The number of aliphatic hydroxyl groups excluding tert-OH is 1. The van der Waals surface area contributed by atoms with Crippen LogP contribution in [0.2, 0.25) is 5.02 Å². The van der Waals surface area contributed by atoms with Crippen molar-refractivity contribution in [2.24, 2.45) is 0 Å². The normalized spacial score (nSPS) is 18.3. The maximum Gasteiger partial charge on any atom is 0.295 e. The lowest BCUT2D eigenvalue weighted by Gasteiger charge is -2.26. The number of carbonyl (C=O) groups is 2. The summed E-state index contributed by atoms with van der Waals surface area (Å²) in [5, 5.41) is 11.3. The smallest absolute Gasteiger partial charge is 0.295 e. The van der Waals surface area contributed by atoms with Crippen molar-refractivity contribution in [3.63, 3.8) is 0 Å². The van der Waals surface area contributed by atoms with E-state index in [9.17, 15) is 19.1 Å². The number of halogens is 2. The summed E-state index contributed by atoms with van der Waals surface area (Å²) in [7, 11) is 5.08. The van der Waals surface area contributed by atoms with Gasteiger partial charge in [0, 0.05) is 24.2 Å². The van der Waals surface area contributed by atoms with Crippen molar-refractivity contribution >= 4 is 29.1 Å². The number of methoxy groups -OCH3 is 1. The molecule has 1 atom stereocenters. The van der Waals surface area contributed by atoms with Crippen LogP contribution in [0, 0.1) is 5.82 Å². The fourth-order valence-electron chi connectivity index (χ4n) is 3.40. The van der Waals surface area contributed by atoms with Gasteiger partial charge in [0.1, 0.15) is 17.3 Å². The van der Waals surface area contributed by atoms with Gasteiger partial charge in [-0.3, -0.25) is 9.59 Å². The second kappa shape index (κ2) is 8.85. The molecule has 1 aliphatic rings. The van der Waals surface area contributed by atoms with Crippen molar-refractivity contribution in [2.75, 3.05) is 34.3 Å². The molecule has 1 amide bonds. The number of nitrogens with zero attached hydrogens (tertiary/aromatic N) is 2. The Labute approximate surface area is 179 Å². The lowest BCUT2D eigenvalue weighted by atomic mass is 9.95. The van der Waals surface area contributed by atoms with Crippen LogP contribution < -0.4 is 4.74 Å². The molecule has 6 nitrogen and oxygen atoms in total. The number of ether oxygens (including phenoxy) is 1. The third-order valence-electron chi connectivity index (χ3n) is 4.95. The summed E-state index contributed by atoms with van der Waals surface area (Å²) >= 11 is 6.05. The molecule has 3 rings (SSSR count). The van der Waals surface area contributed by atoms with Crippen LogP contribution in [-0.2, 0) is 9.59 Å². The summed E-state index contributed by atoms with van der Waals surface area (Å²) in [5.41, 5.74) is 0.203. The van der Waals surface area contributed by atoms with Gasteiger partial charge < -0.3 is 19.6 Å². The lowest BCUT2D eigenvalue weighted by Crippen LogP contribution is -2.35. The first-order valence-electron chi connectivity index (χ1n) is 9.27. The highest BCUT2D eigenvalue weighted by Gasteiger charge is 2.46. The van der Waals surface area contributed by atoms with Gasteiger partial charge in [0.15, 0.2) is 0 Å². The number of ketones is 1. The second-order valence-corrected chi connectivity index (χ2v) is 7.57. The molecule has 0 aliphatic carbocycles. The maximum atomic E-state index is 14.7. The fraction of sp³-hybridized carbons (Fsp3) is 0.273. The Morgan fingerprint density at radius 2 is 1.93 bits per heavy atom. The van der Waals surface area contributed by atoms with E-state index in [4.69, 9.17) is 16.3 Å². The Morgan fingerprint density at radius 1 is 1.23 bits per heavy atom. The largest absolute Gasteiger partial charge is 0.507 e. The quantitative estimate of drug-likeness (QED) is 0.430. The lowest BCUT2D eigenvalue weighted by molar-refractivity contribution is -0.140. The molecule has 1 fully saturated rings. The summed E-state index contributed by atoms with van der Waals surface area (Å²) in [5.74, 6) is -2.34. The zero-order valence-electron chi connectivity index (χ0n) is 16.9. The van der Waals surface area contributed by atoms with Gasteiger partial charge in [-0.25, -0.2) is 4.39 Å². The zero-order valence-corrected chi connectivity index (χ0v) is 17.6. The monoisotopic (exact) mass is 432 g/mol. The topological polar surface area (TPSA) is 70.1 Å². The van der Waals surface area contributed by atoms with Crippen LogP contribution in [0.1, 0.15) is 17.2 Å². The molecule has 1 aliphatic heterocycles. The van der Waals surface area contributed by atoms with Gasteiger partial charge in [-0.15, -0.1) is 0 Å². The predicted molar refractivity (Wildman–Crippen MR) is 112 cm³/mol. The highest BCUT2D eigenvalue weighted by Crippen LogP contribution is 2.40. The molecule has 0 aromatic heterocycles. The highest BCUT2D eigenvalue weighted by atomic mass is 35.5. The molecule has 0 radical (unpaired) electrons. The summed E-state index contributed by atoms with van der Waals surface area (Å²) in [6.45, 7) is 0.657. The van der Waals surface area contributed by atoms with Crippen molar-refractivity contribution in [1.29, 1.82) is 0 Å². The first-order chi connectivity index (χ1) is 14.3. The molecule has 0 saturated carbocycles. The molecule has 158 valence electrons. The molecule has 2 aromatic carbocycles. The molecule has 1 saturated heterocycles. The van der Waals surface area contributed by atoms with Gasteiger partial charge in [-0.1, -0.05) is 29.8 Å². The van der Waals surface area contributed by atoms with Crippen molar-refractivity contribution in [3.8, 4) is 5.75 Å². The SMILES string of the molecule is COc1cc(/C(O)=C2\C(=O)C(=O)N(CCN(C)C)C2c2ccccc2F)ccc1Cl. The van der Waals surface area contributed by atoms with Crippen LogP contribution in [-0.4, -0.2) is 60.9 Å². The van der Waals surface area contributed by atoms with E-state index in [-0.39, 0.29) is 23.2 Å². The van der Waals surface area contributed by atoms with Crippen molar-refractivity contribution in [2.45, 2.75) is 6.04 Å². The van der Waals surface area contributed by atoms with Crippen molar-refractivity contribution in [3.05, 3.63) is 70.0 Å².